The minimum atomic E-state index is -3.27. The summed E-state index contributed by atoms with van der Waals surface area (Å²) in [6.45, 7) is -2.50. The van der Waals surface area contributed by atoms with Crippen LogP contribution < -0.4 is 15.2 Å². The summed E-state index contributed by atoms with van der Waals surface area (Å²) in [6.07, 6.45) is 2.19. The van der Waals surface area contributed by atoms with Crippen LogP contribution in [0.3, 0.4) is 0 Å². The average molecular weight is 427 g/mol. The van der Waals surface area contributed by atoms with Crippen molar-refractivity contribution in [3.05, 3.63) is 64.7 Å². The van der Waals surface area contributed by atoms with Crippen molar-refractivity contribution < 1.29 is 36.2 Å². The summed E-state index contributed by atoms with van der Waals surface area (Å²) in [5, 5.41) is 0. The molecule has 6 nitrogen and oxygen atoms in total. The van der Waals surface area contributed by atoms with Gasteiger partial charge in [-0.15, -0.1) is 0 Å². The molecule has 0 radical (unpaired) electrons. The molecule has 160 valence electrons. The van der Waals surface area contributed by atoms with Crippen molar-refractivity contribution in [2.75, 3.05) is 0 Å². The maximum absolute atomic E-state index is 12.5. The zero-order chi connectivity index (χ0) is 22.3. The van der Waals surface area contributed by atoms with E-state index < -0.39 is 36.4 Å². The van der Waals surface area contributed by atoms with Crippen molar-refractivity contribution in [2.45, 2.75) is 27.1 Å². The van der Waals surface area contributed by atoms with E-state index in [2.05, 4.69) is 9.47 Å². The largest absolute Gasteiger partial charge is 0.431 e. The highest BCUT2D eigenvalue weighted by Crippen LogP contribution is 2.31. The number of aromatic nitrogens is 1. The maximum Gasteiger partial charge on any atom is 0.427 e. The van der Waals surface area contributed by atoms with Crippen LogP contribution in [-0.2, 0) is 0 Å². The number of hydrogen-bond donors (Lipinski definition) is 0. The van der Waals surface area contributed by atoms with Crippen LogP contribution in [-0.4, -0.2) is 23.7 Å². The Balaban J connectivity index is 0.00000155. The molecule has 0 aliphatic rings. The first-order valence-corrected chi connectivity index (χ1v) is 8.72. The van der Waals surface area contributed by atoms with E-state index in [1.165, 1.54) is 24.3 Å². The lowest BCUT2D eigenvalue weighted by Gasteiger charge is -2.12. The van der Waals surface area contributed by atoms with Crippen molar-refractivity contribution in [3.63, 3.8) is 0 Å². The lowest BCUT2D eigenvalue weighted by atomic mass is 10.2. The topological polar surface area (TPSA) is 70.7 Å². The molecular weight excluding hydrogens is 410 g/mol. The average Bonchev–Trinajstić information content (AvgIpc) is 3.04. The molecule has 0 atom stereocenters. The Morgan fingerprint density at radius 2 is 1.63 bits per heavy atom. The molecule has 3 rings (SSSR count). The highest BCUT2D eigenvalue weighted by Gasteiger charge is 2.16. The Labute approximate surface area is 167 Å². The summed E-state index contributed by atoms with van der Waals surface area (Å²) in [5.41, 5.74) is 0.645. The number of hydrogen-bond acceptors (Lipinski definition) is 5. The van der Waals surface area contributed by atoms with Gasteiger partial charge in [0.25, 0.3) is 5.91 Å². The zero-order valence-corrected chi connectivity index (χ0v) is 15.9. The molecule has 2 aromatic carbocycles. The van der Waals surface area contributed by atoms with Gasteiger partial charge in [0.05, 0.1) is 5.52 Å². The summed E-state index contributed by atoms with van der Waals surface area (Å²) in [4.78, 5) is 24.2. The molecular formula is C20H17F4NO5. The fourth-order valence-electron chi connectivity index (χ4n) is 2.43. The van der Waals surface area contributed by atoms with E-state index in [-0.39, 0.29) is 16.7 Å². The van der Waals surface area contributed by atoms with Gasteiger partial charge >= 0.3 is 19.0 Å². The number of halogens is 4. The number of oxazole rings is 1. The lowest BCUT2D eigenvalue weighted by Crippen LogP contribution is -2.20. The molecule has 3 aromatic rings. The van der Waals surface area contributed by atoms with Gasteiger partial charge in [-0.1, -0.05) is 32.0 Å². The minimum absolute atomic E-state index is 0.173. The lowest BCUT2D eigenvalue weighted by molar-refractivity contribution is -0.0692. The van der Waals surface area contributed by atoms with E-state index in [1.807, 2.05) is 13.8 Å². The maximum atomic E-state index is 12.5. The van der Waals surface area contributed by atoms with Crippen molar-refractivity contribution in [1.29, 1.82) is 0 Å². The number of benzene rings is 2. The smallest absolute Gasteiger partial charge is 0.427 e. The molecule has 1 heterocycles. The molecule has 10 heteroatoms. The number of allylic oxidation sites excluding steroid dienone is 1. The number of nitrogens with zero attached hydrogens (tertiary/aromatic N) is 1. The van der Waals surface area contributed by atoms with Crippen molar-refractivity contribution in [1.82, 2.24) is 4.57 Å². The van der Waals surface area contributed by atoms with Crippen LogP contribution in [0.1, 0.15) is 24.2 Å². The summed E-state index contributed by atoms with van der Waals surface area (Å²) in [5.74, 6) is -2.86. The molecule has 0 bridgehead atoms. The molecule has 0 N–H and O–H groups in total. The normalized spacial score (nSPS) is 11.1. The first-order valence-electron chi connectivity index (χ1n) is 8.72. The third kappa shape index (κ3) is 5.49. The molecule has 0 unspecified atom stereocenters. The Bertz CT molecular complexity index is 1090. The number of rotatable bonds is 6. The molecule has 0 aliphatic carbocycles. The zero-order valence-electron chi connectivity index (χ0n) is 15.9. The molecule has 0 fully saturated rings. The predicted molar refractivity (Wildman–Crippen MR) is 101 cm³/mol. The third-order valence-electron chi connectivity index (χ3n) is 3.52. The van der Waals surface area contributed by atoms with Crippen LogP contribution in [0.25, 0.3) is 17.2 Å². The molecule has 0 spiro atoms. The minimum Gasteiger partial charge on any atom is -0.431 e. The second-order valence-electron chi connectivity index (χ2n) is 5.31. The van der Waals surface area contributed by atoms with Gasteiger partial charge in [-0.3, -0.25) is 4.79 Å². The second-order valence-corrected chi connectivity index (χ2v) is 5.31. The number of ether oxygens (including phenoxy) is 2. The van der Waals surface area contributed by atoms with Crippen molar-refractivity contribution in [3.8, 4) is 11.5 Å². The molecule has 0 aliphatic heterocycles. The number of carbonyl (C=O) groups is 1. The summed E-state index contributed by atoms with van der Waals surface area (Å²) in [6, 6.07) is 9.49. The van der Waals surface area contributed by atoms with Crippen LogP contribution in [0, 0.1) is 0 Å². The van der Waals surface area contributed by atoms with E-state index in [4.69, 9.17) is 4.42 Å². The summed E-state index contributed by atoms with van der Waals surface area (Å²) in [7, 11) is 0. The molecule has 30 heavy (non-hydrogen) atoms. The SMILES string of the molecule is CC.O=C(/C=C/c1ccc(OC(F)F)c(OC(F)F)c1)n1c(=O)oc2ccccc21. The van der Waals surface area contributed by atoms with Gasteiger partial charge < -0.3 is 13.9 Å². The Hall–Kier alpha value is -3.56. The van der Waals surface area contributed by atoms with Gasteiger partial charge in [0.1, 0.15) is 0 Å². The number of carbonyl (C=O) groups excluding carboxylic acids is 1. The van der Waals surface area contributed by atoms with Gasteiger partial charge in [-0.25, -0.2) is 9.36 Å². The molecule has 0 saturated carbocycles. The Kier molecular flexibility index (Phi) is 7.79. The monoisotopic (exact) mass is 427 g/mol. The number of fused-ring (bicyclic) bond motifs is 1. The van der Waals surface area contributed by atoms with Gasteiger partial charge in [0.2, 0.25) is 0 Å². The fourth-order valence-corrected chi connectivity index (χ4v) is 2.43. The van der Waals surface area contributed by atoms with Crippen LogP contribution >= 0.6 is 0 Å². The summed E-state index contributed by atoms with van der Waals surface area (Å²) >= 11 is 0. The molecule has 1 aromatic heterocycles. The van der Waals surface area contributed by atoms with Gasteiger partial charge in [0.15, 0.2) is 17.1 Å². The van der Waals surface area contributed by atoms with E-state index in [9.17, 15) is 27.2 Å². The highest BCUT2D eigenvalue weighted by atomic mass is 19.3. The van der Waals surface area contributed by atoms with Crippen LogP contribution in [0.15, 0.2) is 57.8 Å². The molecule has 0 saturated heterocycles. The van der Waals surface area contributed by atoms with Gasteiger partial charge in [-0.2, -0.15) is 17.6 Å². The van der Waals surface area contributed by atoms with Crippen molar-refractivity contribution in [2.24, 2.45) is 0 Å². The van der Waals surface area contributed by atoms with E-state index in [1.54, 1.807) is 12.1 Å². The third-order valence-corrected chi connectivity index (χ3v) is 3.52. The first-order chi connectivity index (χ1) is 14.3. The second kappa shape index (κ2) is 10.3. The Morgan fingerprint density at radius 1 is 1.00 bits per heavy atom. The van der Waals surface area contributed by atoms with E-state index >= 15 is 0 Å². The van der Waals surface area contributed by atoms with E-state index in [0.717, 1.165) is 22.8 Å². The standard InChI is InChI=1S/C18H11F4NO5.C2H6/c19-16(20)26-13-7-5-10(9-14(13)27-17(21)22)6-8-15(24)23-11-3-1-2-4-12(11)28-18(23)25;1-2/h1-9,16-17H;1-2H3/b8-6+;. The predicted octanol–water partition coefficient (Wildman–Crippen LogP) is 5.18. The van der Waals surface area contributed by atoms with Crippen LogP contribution in [0.5, 0.6) is 11.5 Å². The van der Waals surface area contributed by atoms with E-state index in [0.29, 0.717) is 0 Å². The highest BCUT2D eigenvalue weighted by molar-refractivity contribution is 5.98. The number of alkyl halides is 4. The quantitative estimate of drug-likeness (QED) is 0.401. The number of para-hydroxylation sites is 2. The fraction of sp³-hybridized carbons (Fsp3) is 0.200. The van der Waals surface area contributed by atoms with Crippen LogP contribution in [0.4, 0.5) is 17.6 Å². The summed E-state index contributed by atoms with van der Waals surface area (Å²) < 4.78 is 63.7. The van der Waals surface area contributed by atoms with Gasteiger partial charge in [0, 0.05) is 6.08 Å². The first kappa shape index (κ1) is 22.7. The van der Waals surface area contributed by atoms with Crippen LogP contribution in [0.2, 0.25) is 0 Å². The Morgan fingerprint density at radius 3 is 2.30 bits per heavy atom. The van der Waals surface area contributed by atoms with Crippen molar-refractivity contribution >= 4 is 23.1 Å². The van der Waals surface area contributed by atoms with Gasteiger partial charge in [-0.05, 0) is 35.9 Å². The molecule has 0 amide bonds.